The molecule has 1 heteroatoms. The van der Waals surface area contributed by atoms with Crippen molar-refractivity contribution in [2.45, 2.75) is 39.3 Å². The van der Waals surface area contributed by atoms with E-state index in [-0.39, 0.29) is 0 Å². The summed E-state index contributed by atoms with van der Waals surface area (Å²) in [4.78, 5) is 0. The van der Waals surface area contributed by atoms with Crippen molar-refractivity contribution in [1.29, 1.82) is 0 Å². The van der Waals surface area contributed by atoms with Gasteiger partial charge in [0.15, 0.2) is 0 Å². The molecule has 0 spiro atoms. The summed E-state index contributed by atoms with van der Waals surface area (Å²) in [7, 11) is 0. The summed E-state index contributed by atoms with van der Waals surface area (Å²) in [6.45, 7) is 10.5. The fourth-order valence-electron chi connectivity index (χ4n) is 1.96. The molecule has 1 aromatic carbocycles. The van der Waals surface area contributed by atoms with Gasteiger partial charge in [0.25, 0.3) is 0 Å². The molecule has 1 nitrogen and oxygen atoms in total. The fourth-order valence-corrected chi connectivity index (χ4v) is 1.96. The molecule has 1 rings (SSSR count). The van der Waals surface area contributed by atoms with Crippen molar-refractivity contribution < 1.29 is 0 Å². The predicted molar refractivity (Wildman–Crippen MR) is 71.4 cm³/mol. The molecular weight excluding hydrogens is 194 g/mol. The van der Waals surface area contributed by atoms with Crippen LogP contribution >= 0.6 is 0 Å². The number of hydrogen-bond acceptors (Lipinski definition) is 1. The van der Waals surface area contributed by atoms with Gasteiger partial charge in [0.05, 0.1) is 0 Å². The maximum Gasteiger partial charge on any atom is 0.0294 e. The standard InChI is InChI=1S/C15H23N/c1-5-12(3)15(6-2)16-13(4)14-10-8-7-9-11-14/h5,7-13,15-16H,1,6H2,2-4H3/t12-,13-,15-/m1/s1. The van der Waals surface area contributed by atoms with Crippen LogP contribution in [0.2, 0.25) is 0 Å². The van der Waals surface area contributed by atoms with Gasteiger partial charge in [-0.05, 0) is 24.8 Å². The number of benzene rings is 1. The molecular formula is C15H23N. The lowest BCUT2D eigenvalue weighted by Gasteiger charge is -2.26. The fraction of sp³-hybridized carbons (Fsp3) is 0.467. The molecule has 0 radical (unpaired) electrons. The molecule has 88 valence electrons. The van der Waals surface area contributed by atoms with E-state index in [0.717, 1.165) is 6.42 Å². The van der Waals surface area contributed by atoms with Gasteiger partial charge in [0.2, 0.25) is 0 Å². The molecule has 0 aliphatic carbocycles. The van der Waals surface area contributed by atoms with Crippen molar-refractivity contribution in [1.82, 2.24) is 5.32 Å². The quantitative estimate of drug-likeness (QED) is 0.712. The lowest BCUT2D eigenvalue weighted by atomic mass is 9.97. The van der Waals surface area contributed by atoms with Gasteiger partial charge in [-0.3, -0.25) is 0 Å². The van der Waals surface area contributed by atoms with E-state index in [9.17, 15) is 0 Å². The maximum absolute atomic E-state index is 3.87. The van der Waals surface area contributed by atoms with Gasteiger partial charge in [-0.25, -0.2) is 0 Å². The number of nitrogens with one attached hydrogen (secondary N) is 1. The van der Waals surface area contributed by atoms with Crippen LogP contribution in [0.4, 0.5) is 0 Å². The summed E-state index contributed by atoms with van der Waals surface area (Å²) in [5.74, 6) is 0.510. The van der Waals surface area contributed by atoms with Crippen LogP contribution in [0.15, 0.2) is 43.0 Å². The molecule has 0 aliphatic heterocycles. The number of rotatable bonds is 6. The molecule has 0 saturated heterocycles. The predicted octanol–water partition coefficient (Wildman–Crippen LogP) is 3.94. The molecule has 1 aromatic rings. The summed E-state index contributed by atoms with van der Waals surface area (Å²) in [6.07, 6.45) is 3.16. The highest BCUT2D eigenvalue weighted by molar-refractivity contribution is 5.18. The van der Waals surface area contributed by atoms with E-state index in [1.165, 1.54) is 5.56 Å². The Morgan fingerprint density at radius 3 is 2.38 bits per heavy atom. The van der Waals surface area contributed by atoms with E-state index >= 15 is 0 Å². The lowest BCUT2D eigenvalue weighted by Crippen LogP contribution is -2.35. The smallest absolute Gasteiger partial charge is 0.0294 e. The van der Waals surface area contributed by atoms with Gasteiger partial charge in [0.1, 0.15) is 0 Å². The zero-order valence-electron chi connectivity index (χ0n) is 10.6. The van der Waals surface area contributed by atoms with Crippen molar-refractivity contribution >= 4 is 0 Å². The van der Waals surface area contributed by atoms with Gasteiger partial charge >= 0.3 is 0 Å². The van der Waals surface area contributed by atoms with E-state index in [2.05, 4.69) is 63.0 Å². The van der Waals surface area contributed by atoms with E-state index in [4.69, 9.17) is 0 Å². The molecule has 0 heterocycles. The largest absolute Gasteiger partial charge is 0.307 e. The van der Waals surface area contributed by atoms with Crippen molar-refractivity contribution in [3.8, 4) is 0 Å². The Kier molecular flexibility index (Phi) is 5.27. The van der Waals surface area contributed by atoms with Crippen LogP contribution in [0.25, 0.3) is 0 Å². The Morgan fingerprint density at radius 2 is 1.88 bits per heavy atom. The molecule has 0 unspecified atom stereocenters. The zero-order chi connectivity index (χ0) is 12.0. The molecule has 1 N–H and O–H groups in total. The molecule has 0 aromatic heterocycles. The molecule has 0 fully saturated rings. The van der Waals surface area contributed by atoms with E-state index < -0.39 is 0 Å². The van der Waals surface area contributed by atoms with Gasteiger partial charge in [-0.15, -0.1) is 6.58 Å². The molecule has 16 heavy (non-hydrogen) atoms. The monoisotopic (exact) mass is 217 g/mol. The van der Waals surface area contributed by atoms with Crippen LogP contribution in [-0.4, -0.2) is 6.04 Å². The minimum Gasteiger partial charge on any atom is -0.307 e. The highest BCUT2D eigenvalue weighted by Crippen LogP contribution is 2.16. The SMILES string of the molecule is C=C[C@@H](C)[C@@H](CC)N[C@H](C)c1ccccc1. The van der Waals surface area contributed by atoms with Crippen LogP contribution in [0.1, 0.15) is 38.8 Å². The van der Waals surface area contributed by atoms with E-state index in [1.807, 2.05) is 6.08 Å². The first-order chi connectivity index (χ1) is 7.69. The Bertz CT molecular complexity index is 304. The average molecular weight is 217 g/mol. The minimum absolute atomic E-state index is 0.397. The van der Waals surface area contributed by atoms with Crippen LogP contribution in [0.5, 0.6) is 0 Å². The Balaban J connectivity index is 2.62. The molecule has 0 bridgehead atoms. The first kappa shape index (κ1) is 13.0. The van der Waals surface area contributed by atoms with Crippen molar-refractivity contribution in [3.63, 3.8) is 0 Å². The van der Waals surface area contributed by atoms with Crippen LogP contribution in [0.3, 0.4) is 0 Å². The summed E-state index contributed by atoms with van der Waals surface area (Å²) in [5, 5.41) is 3.66. The van der Waals surface area contributed by atoms with E-state index in [1.54, 1.807) is 0 Å². The summed E-state index contributed by atoms with van der Waals surface area (Å²) >= 11 is 0. The second kappa shape index (κ2) is 6.49. The lowest BCUT2D eigenvalue weighted by molar-refractivity contribution is 0.379. The van der Waals surface area contributed by atoms with Crippen molar-refractivity contribution in [2.75, 3.05) is 0 Å². The molecule has 3 atom stereocenters. The highest BCUT2D eigenvalue weighted by Gasteiger charge is 2.15. The first-order valence-corrected chi connectivity index (χ1v) is 6.12. The van der Waals surface area contributed by atoms with Crippen LogP contribution < -0.4 is 5.32 Å². The minimum atomic E-state index is 0.397. The van der Waals surface area contributed by atoms with Crippen molar-refractivity contribution in [3.05, 3.63) is 48.6 Å². The summed E-state index contributed by atoms with van der Waals surface area (Å²) in [5.41, 5.74) is 1.34. The van der Waals surface area contributed by atoms with Gasteiger partial charge in [0, 0.05) is 12.1 Å². The van der Waals surface area contributed by atoms with Gasteiger partial charge in [-0.1, -0.05) is 50.3 Å². The third-order valence-electron chi connectivity index (χ3n) is 3.21. The molecule has 0 amide bonds. The zero-order valence-corrected chi connectivity index (χ0v) is 10.6. The topological polar surface area (TPSA) is 12.0 Å². The van der Waals surface area contributed by atoms with Crippen LogP contribution in [-0.2, 0) is 0 Å². The third kappa shape index (κ3) is 3.49. The Hall–Kier alpha value is -1.08. The average Bonchev–Trinajstić information content (AvgIpc) is 2.35. The van der Waals surface area contributed by atoms with Gasteiger partial charge in [-0.2, -0.15) is 0 Å². The highest BCUT2D eigenvalue weighted by atomic mass is 14.9. The summed E-state index contributed by atoms with van der Waals surface area (Å²) < 4.78 is 0. The Morgan fingerprint density at radius 1 is 1.25 bits per heavy atom. The number of hydrogen-bond donors (Lipinski definition) is 1. The summed E-state index contributed by atoms with van der Waals surface area (Å²) in [6, 6.07) is 11.5. The maximum atomic E-state index is 3.87. The second-order valence-corrected chi connectivity index (χ2v) is 4.41. The first-order valence-electron chi connectivity index (χ1n) is 6.12. The van der Waals surface area contributed by atoms with Crippen LogP contribution in [0, 0.1) is 5.92 Å². The third-order valence-corrected chi connectivity index (χ3v) is 3.21. The molecule has 0 saturated carbocycles. The molecule has 0 aliphatic rings. The normalized spacial score (nSPS) is 16.4. The Labute approximate surface area is 99.6 Å². The van der Waals surface area contributed by atoms with Gasteiger partial charge < -0.3 is 5.32 Å². The van der Waals surface area contributed by atoms with E-state index in [0.29, 0.717) is 18.0 Å². The van der Waals surface area contributed by atoms with Crippen molar-refractivity contribution in [2.24, 2.45) is 5.92 Å². The second-order valence-electron chi connectivity index (χ2n) is 4.41.